The largest absolute Gasteiger partial charge is 0.481 e. The molecule has 0 heterocycles. The van der Waals surface area contributed by atoms with E-state index in [2.05, 4.69) is 0 Å². The van der Waals surface area contributed by atoms with Crippen molar-refractivity contribution in [1.82, 2.24) is 0 Å². The molecule has 0 fully saturated rings. The van der Waals surface area contributed by atoms with Crippen LogP contribution in [0.4, 0.5) is 4.79 Å². The van der Waals surface area contributed by atoms with Crippen molar-refractivity contribution in [3.05, 3.63) is 42.5 Å². The van der Waals surface area contributed by atoms with Gasteiger partial charge in [0.25, 0.3) is 0 Å². The highest BCUT2D eigenvalue weighted by Gasteiger charge is 2.19. The second kappa shape index (κ2) is 6.29. The molecule has 0 bridgehead atoms. The molecule has 1 unspecified atom stereocenters. The van der Waals surface area contributed by atoms with Gasteiger partial charge in [0.2, 0.25) is 0 Å². The number of hydrogen-bond acceptors (Lipinski definition) is 4. The van der Waals surface area contributed by atoms with Gasteiger partial charge in [-0.2, -0.15) is 0 Å². The molecular formula is C14H13NO4S. The molecule has 3 N–H and O–H groups in total. The van der Waals surface area contributed by atoms with Crippen molar-refractivity contribution < 1.29 is 19.4 Å². The van der Waals surface area contributed by atoms with Crippen LogP contribution in [0.3, 0.4) is 0 Å². The van der Waals surface area contributed by atoms with Crippen LogP contribution >= 0.6 is 11.8 Å². The number of benzene rings is 2. The van der Waals surface area contributed by atoms with Gasteiger partial charge in [-0.3, -0.25) is 4.79 Å². The van der Waals surface area contributed by atoms with Gasteiger partial charge in [0.15, 0.2) is 5.44 Å². The number of ether oxygens (including phenoxy) is 1. The van der Waals surface area contributed by atoms with Gasteiger partial charge in [-0.25, -0.2) is 4.79 Å². The Labute approximate surface area is 119 Å². The summed E-state index contributed by atoms with van der Waals surface area (Å²) in [5.41, 5.74) is 4.12. The van der Waals surface area contributed by atoms with E-state index in [1.807, 2.05) is 42.5 Å². The Morgan fingerprint density at radius 2 is 1.90 bits per heavy atom. The van der Waals surface area contributed by atoms with Gasteiger partial charge >= 0.3 is 12.1 Å². The number of carbonyl (C=O) groups excluding carboxylic acids is 1. The number of fused-ring (bicyclic) bond motifs is 1. The molecule has 0 aromatic heterocycles. The molecule has 1 atom stereocenters. The number of aliphatic carboxylic acids is 1. The predicted octanol–water partition coefficient (Wildman–Crippen LogP) is 2.83. The number of nitrogens with two attached hydrogens (primary N) is 1. The number of rotatable bonds is 5. The summed E-state index contributed by atoms with van der Waals surface area (Å²) in [7, 11) is 0. The van der Waals surface area contributed by atoms with Gasteiger partial charge in [0.05, 0.1) is 6.42 Å². The van der Waals surface area contributed by atoms with Crippen molar-refractivity contribution in [2.45, 2.75) is 16.8 Å². The number of carboxylic acids is 1. The van der Waals surface area contributed by atoms with E-state index in [0.29, 0.717) is 0 Å². The Balaban J connectivity index is 2.27. The van der Waals surface area contributed by atoms with Crippen molar-refractivity contribution in [3.63, 3.8) is 0 Å². The molecule has 0 saturated heterocycles. The molecule has 0 saturated carbocycles. The van der Waals surface area contributed by atoms with Gasteiger partial charge in [-0.15, -0.1) is 0 Å². The number of primary amides is 1. The lowest BCUT2D eigenvalue weighted by molar-refractivity contribution is -0.138. The van der Waals surface area contributed by atoms with Crippen LogP contribution in [-0.2, 0) is 9.53 Å². The maximum atomic E-state index is 10.8. The molecule has 6 heteroatoms. The summed E-state index contributed by atoms with van der Waals surface area (Å²) < 4.78 is 4.83. The zero-order valence-corrected chi connectivity index (χ0v) is 11.3. The highest BCUT2D eigenvalue weighted by atomic mass is 32.2. The minimum atomic E-state index is -1.05. The molecule has 0 aliphatic carbocycles. The topological polar surface area (TPSA) is 89.6 Å². The molecule has 0 aliphatic heterocycles. The fraction of sp³-hybridized carbons (Fsp3) is 0.143. The van der Waals surface area contributed by atoms with E-state index in [1.165, 1.54) is 11.8 Å². The van der Waals surface area contributed by atoms with E-state index in [1.54, 1.807) is 0 Å². The highest BCUT2D eigenvalue weighted by molar-refractivity contribution is 8.00. The Morgan fingerprint density at radius 3 is 2.60 bits per heavy atom. The molecular weight excluding hydrogens is 278 g/mol. The monoisotopic (exact) mass is 291 g/mol. The fourth-order valence-corrected chi connectivity index (χ4v) is 2.94. The third kappa shape index (κ3) is 3.64. The summed E-state index contributed by atoms with van der Waals surface area (Å²) in [5.74, 6) is -1.05. The Hall–Kier alpha value is -2.21. The number of hydrogen-bond donors (Lipinski definition) is 2. The zero-order valence-electron chi connectivity index (χ0n) is 10.5. The predicted molar refractivity (Wildman–Crippen MR) is 76.5 cm³/mol. The lowest BCUT2D eigenvalue weighted by Gasteiger charge is -2.15. The molecule has 2 rings (SSSR count). The van der Waals surface area contributed by atoms with Crippen molar-refractivity contribution in [1.29, 1.82) is 0 Å². The molecule has 104 valence electrons. The maximum absolute atomic E-state index is 10.8. The first-order chi connectivity index (χ1) is 9.56. The summed E-state index contributed by atoms with van der Waals surface area (Å²) in [4.78, 5) is 22.5. The van der Waals surface area contributed by atoms with Crippen molar-refractivity contribution in [3.8, 4) is 0 Å². The Morgan fingerprint density at radius 1 is 1.20 bits per heavy atom. The van der Waals surface area contributed by atoms with Crippen LogP contribution in [0.1, 0.15) is 6.42 Å². The van der Waals surface area contributed by atoms with Crippen LogP contribution in [0.5, 0.6) is 0 Å². The summed E-state index contributed by atoms with van der Waals surface area (Å²) in [6.45, 7) is 0. The maximum Gasteiger partial charge on any atom is 0.405 e. The van der Waals surface area contributed by atoms with E-state index in [0.717, 1.165) is 15.7 Å². The molecule has 2 aromatic rings. The van der Waals surface area contributed by atoms with Crippen LogP contribution < -0.4 is 5.73 Å². The quantitative estimate of drug-likeness (QED) is 0.653. The second-order valence-electron chi connectivity index (χ2n) is 4.06. The minimum Gasteiger partial charge on any atom is -0.481 e. The molecule has 2 aromatic carbocycles. The molecule has 1 amide bonds. The average Bonchev–Trinajstić information content (AvgIpc) is 2.37. The molecule has 0 radical (unpaired) electrons. The lowest BCUT2D eigenvalue weighted by atomic mass is 10.1. The molecule has 0 aliphatic rings. The van der Waals surface area contributed by atoms with Crippen molar-refractivity contribution in [2.75, 3.05) is 0 Å². The molecule has 0 spiro atoms. The Bertz CT molecular complexity index is 623. The first-order valence-corrected chi connectivity index (χ1v) is 6.76. The van der Waals surface area contributed by atoms with E-state index in [9.17, 15) is 9.59 Å². The van der Waals surface area contributed by atoms with Crippen molar-refractivity contribution >= 4 is 34.6 Å². The SMILES string of the molecule is NC(=O)OC(CC(=O)O)Sc1cccc2ccccc12. The summed E-state index contributed by atoms with van der Waals surface area (Å²) in [5, 5.41) is 10.9. The van der Waals surface area contributed by atoms with Gasteiger partial charge in [0.1, 0.15) is 0 Å². The summed E-state index contributed by atoms with van der Waals surface area (Å²) in [6.07, 6.45) is -1.29. The first kappa shape index (κ1) is 14.2. The standard InChI is InChI=1S/C14H13NO4S/c15-14(18)19-13(8-12(16)17)20-11-7-3-5-9-4-1-2-6-10(9)11/h1-7,13H,8H2,(H2,15,18)(H,16,17). The van der Waals surface area contributed by atoms with Crippen LogP contribution in [0.25, 0.3) is 10.8 Å². The number of carbonyl (C=O) groups is 2. The summed E-state index contributed by atoms with van der Waals surface area (Å²) >= 11 is 1.17. The number of amides is 1. The van der Waals surface area contributed by atoms with Gasteiger partial charge in [0, 0.05) is 4.90 Å². The third-order valence-electron chi connectivity index (χ3n) is 2.60. The van der Waals surface area contributed by atoms with Crippen LogP contribution in [0.2, 0.25) is 0 Å². The smallest absolute Gasteiger partial charge is 0.405 e. The van der Waals surface area contributed by atoms with Crippen LogP contribution in [-0.4, -0.2) is 22.6 Å². The minimum absolute atomic E-state index is 0.309. The normalized spacial score (nSPS) is 12.0. The number of carboxylic acid groups (broad SMARTS) is 1. The second-order valence-corrected chi connectivity index (χ2v) is 5.26. The van der Waals surface area contributed by atoms with E-state index in [4.69, 9.17) is 15.6 Å². The lowest BCUT2D eigenvalue weighted by Crippen LogP contribution is -2.22. The first-order valence-electron chi connectivity index (χ1n) is 5.88. The van der Waals surface area contributed by atoms with E-state index >= 15 is 0 Å². The highest BCUT2D eigenvalue weighted by Crippen LogP contribution is 2.32. The van der Waals surface area contributed by atoms with E-state index < -0.39 is 17.5 Å². The van der Waals surface area contributed by atoms with Gasteiger partial charge in [-0.1, -0.05) is 48.2 Å². The van der Waals surface area contributed by atoms with Crippen LogP contribution in [0.15, 0.2) is 47.4 Å². The fourth-order valence-electron chi connectivity index (χ4n) is 1.82. The number of thioether (sulfide) groups is 1. The van der Waals surface area contributed by atoms with E-state index in [-0.39, 0.29) is 6.42 Å². The third-order valence-corrected chi connectivity index (χ3v) is 3.73. The zero-order chi connectivity index (χ0) is 14.5. The average molecular weight is 291 g/mol. The Kier molecular flexibility index (Phi) is 4.47. The summed E-state index contributed by atoms with van der Waals surface area (Å²) in [6, 6.07) is 13.4. The van der Waals surface area contributed by atoms with Crippen LogP contribution in [0, 0.1) is 0 Å². The van der Waals surface area contributed by atoms with Gasteiger partial charge in [-0.05, 0) is 16.8 Å². The van der Waals surface area contributed by atoms with Crippen molar-refractivity contribution in [2.24, 2.45) is 5.73 Å². The molecule has 5 nitrogen and oxygen atoms in total. The molecule has 20 heavy (non-hydrogen) atoms. The van der Waals surface area contributed by atoms with Gasteiger partial charge < -0.3 is 15.6 Å².